The van der Waals surface area contributed by atoms with E-state index in [-0.39, 0.29) is 36.8 Å². The van der Waals surface area contributed by atoms with Crippen molar-refractivity contribution in [3.8, 4) is 0 Å². The van der Waals surface area contributed by atoms with E-state index < -0.39 is 5.41 Å². The van der Waals surface area contributed by atoms with Gasteiger partial charge in [0.15, 0.2) is 0 Å². The molecule has 1 fully saturated rings. The number of carbonyl (C=O) groups excluding carboxylic acids is 2. The molecular formula is C14H25NO3. The largest absolute Gasteiger partial charge is 0.394 e. The van der Waals surface area contributed by atoms with Gasteiger partial charge in [-0.25, -0.2) is 0 Å². The summed E-state index contributed by atoms with van der Waals surface area (Å²) in [5.74, 6) is 0.198. The molecule has 1 saturated heterocycles. The summed E-state index contributed by atoms with van der Waals surface area (Å²) in [5.41, 5.74) is -0.610. The van der Waals surface area contributed by atoms with Crippen molar-refractivity contribution < 1.29 is 14.7 Å². The lowest BCUT2D eigenvalue weighted by Crippen LogP contribution is -2.45. The summed E-state index contributed by atoms with van der Waals surface area (Å²) in [5, 5.41) is 9.43. The van der Waals surface area contributed by atoms with Gasteiger partial charge in [0.1, 0.15) is 0 Å². The van der Waals surface area contributed by atoms with E-state index in [4.69, 9.17) is 0 Å². The molecule has 0 bridgehead atoms. The number of nitrogens with zero attached hydrogens (tertiary/aromatic N) is 1. The maximum atomic E-state index is 12.5. The third kappa shape index (κ3) is 2.58. The second kappa shape index (κ2) is 5.39. The molecule has 2 unspecified atom stereocenters. The summed E-state index contributed by atoms with van der Waals surface area (Å²) in [4.78, 5) is 25.8. The summed E-state index contributed by atoms with van der Waals surface area (Å²) < 4.78 is 0. The Kier molecular flexibility index (Phi) is 4.54. The van der Waals surface area contributed by atoms with Crippen molar-refractivity contribution in [2.24, 2.45) is 17.3 Å². The van der Waals surface area contributed by atoms with Gasteiger partial charge in [0, 0.05) is 6.42 Å². The summed E-state index contributed by atoms with van der Waals surface area (Å²) in [7, 11) is 0. The molecule has 2 atom stereocenters. The average Bonchev–Trinajstić information content (AvgIpc) is 2.48. The number of carbonyl (C=O) groups is 2. The maximum absolute atomic E-state index is 12.5. The Bertz CT molecular complexity index is 338. The smallest absolute Gasteiger partial charge is 0.236 e. The first-order chi connectivity index (χ1) is 8.24. The van der Waals surface area contributed by atoms with Crippen molar-refractivity contribution in [2.75, 3.05) is 6.61 Å². The fraction of sp³-hybridized carbons (Fsp3) is 0.857. The molecule has 1 rings (SSSR count). The van der Waals surface area contributed by atoms with E-state index in [2.05, 4.69) is 0 Å². The van der Waals surface area contributed by atoms with E-state index >= 15 is 0 Å². The Morgan fingerprint density at radius 2 is 1.83 bits per heavy atom. The topological polar surface area (TPSA) is 57.6 Å². The van der Waals surface area contributed by atoms with Crippen molar-refractivity contribution in [3.63, 3.8) is 0 Å². The highest BCUT2D eigenvalue weighted by atomic mass is 16.3. The van der Waals surface area contributed by atoms with Crippen molar-refractivity contribution in [1.82, 2.24) is 4.90 Å². The monoisotopic (exact) mass is 255 g/mol. The highest BCUT2D eigenvalue weighted by Crippen LogP contribution is 2.40. The quantitative estimate of drug-likeness (QED) is 0.762. The van der Waals surface area contributed by atoms with Crippen LogP contribution in [0.25, 0.3) is 0 Å². The zero-order chi connectivity index (χ0) is 14.1. The molecular weight excluding hydrogens is 230 g/mol. The summed E-state index contributed by atoms with van der Waals surface area (Å²) in [6.07, 6.45) is 0.917. The molecule has 104 valence electrons. The lowest BCUT2D eigenvalue weighted by molar-refractivity contribution is -0.146. The fourth-order valence-electron chi connectivity index (χ4n) is 2.49. The van der Waals surface area contributed by atoms with E-state index in [1.165, 1.54) is 4.90 Å². The van der Waals surface area contributed by atoms with Crippen molar-refractivity contribution in [2.45, 2.75) is 53.5 Å². The van der Waals surface area contributed by atoms with E-state index in [1.807, 2.05) is 34.6 Å². The zero-order valence-electron chi connectivity index (χ0n) is 12.1. The predicted octanol–water partition coefficient (Wildman–Crippen LogP) is 1.81. The van der Waals surface area contributed by atoms with Gasteiger partial charge in [0.25, 0.3) is 0 Å². The maximum Gasteiger partial charge on any atom is 0.236 e. The van der Waals surface area contributed by atoms with Gasteiger partial charge in [-0.15, -0.1) is 0 Å². The summed E-state index contributed by atoms with van der Waals surface area (Å²) in [6, 6.07) is -0.370. The molecule has 0 spiro atoms. The molecule has 0 aliphatic carbocycles. The van der Waals surface area contributed by atoms with Gasteiger partial charge in [-0.05, 0) is 25.2 Å². The second-order valence-corrected chi connectivity index (χ2v) is 6.28. The lowest BCUT2D eigenvalue weighted by atomic mass is 9.78. The van der Waals surface area contributed by atoms with Crippen molar-refractivity contribution in [1.29, 1.82) is 0 Å². The minimum Gasteiger partial charge on any atom is -0.394 e. The van der Waals surface area contributed by atoms with Crippen LogP contribution in [0.4, 0.5) is 0 Å². The summed E-state index contributed by atoms with van der Waals surface area (Å²) in [6.45, 7) is 9.67. The lowest BCUT2D eigenvalue weighted by Gasteiger charge is -2.30. The van der Waals surface area contributed by atoms with E-state index in [0.29, 0.717) is 12.3 Å². The Morgan fingerprint density at radius 3 is 2.17 bits per heavy atom. The van der Waals surface area contributed by atoms with Crippen LogP contribution in [0.2, 0.25) is 0 Å². The molecule has 1 heterocycles. The van der Waals surface area contributed by atoms with E-state index in [1.54, 1.807) is 0 Å². The molecule has 4 heteroatoms. The SMILES string of the molecule is CC(C)CC(CO)N1C(=O)CC(C)(C(C)C)C1=O. The third-order valence-electron chi connectivity index (χ3n) is 4.09. The molecule has 1 aliphatic heterocycles. The van der Waals surface area contributed by atoms with Crippen LogP contribution >= 0.6 is 0 Å². The zero-order valence-corrected chi connectivity index (χ0v) is 12.1. The number of amides is 2. The molecule has 4 nitrogen and oxygen atoms in total. The van der Waals surface area contributed by atoms with Crippen LogP contribution in [0.15, 0.2) is 0 Å². The molecule has 0 aromatic heterocycles. The van der Waals surface area contributed by atoms with Gasteiger partial charge in [0.2, 0.25) is 11.8 Å². The van der Waals surface area contributed by atoms with Crippen LogP contribution in [0.1, 0.15) is 47.5 Å². The van der Waals surface area contributed by atoms with Crippen LogP contribution in [0, 0.1) is 17.3 Å². The van der Waals surface area contributed by atoms with Crippen molar-refractivity contribution >= 4 is 11.8 Å². The molecule has 0 aromatic rings. The molecule has 0 radical (unpaired) electrons. The Balaban J connectivity index is 2.96. The van der Waals surface area contributed by atoms with Crippen LogP contribution in [-0.4, -0.2) is 34.5 Å². The van der Waals surface area contributed by atoms with Gasteiger partial charge in [0.05, 0.1) is 18.1 Å². The first-order valence-corrected chi connectivity index (χ1v) is 6.71. The van der Waals surface area contributed by atoms with E-state index in [0.717, 1.165) is 0 Å². The number of hydrogen-bond acceptors (Lipinski definition) is 3. The minimum absolute atomic E-state index is 0.123. The number of hydrogen-bond donors (Lipinski definition) is 1. The average molecular weight is 255 g/mol. The standard InChI is InChI=1S/C14H25NO3/c1-9(2)6-11(8-16)15-12(17)7-14(5,10(3)4)13(15)18/h9-11,16H,6-8H2,1-5H3. The molecule has 1 N–H and O–H groups in total. The number of rotatable bonds is 5. The van der Waals surface area contributed by atoms with Gasteiger partial charge in [-0.1, -0.05) is 27.7 Å². The van der Waals surface area contributed by atoms with Crippen LogP contribution in [-0.2, 0) is 9.59 Å². The van der Waals surface area contributed by atoms with Gasteiger partial charge >= 0.3 is 0 Å². The number of imide groups is 1. The second-order valence-electron chi connectivity index (χ2n) is 6.28. The Hall–Kier alpha value is -0.900. The highest BCUT2D eigenvalue weighted by Gasteiger charge is 2.51. The molecule has 0 aromatic carbocycles. The van der Waals surface area contributed by atoms with Gasteiger partial charge < -0.3 is 5.11 Å². The molecule has 1 aliphatic rings. The number of aliphatic hydroxyl groups excluding tert-OH is 1. The number of likely N-dealkylation sites (tertiary alicyclic amines) is 1. The first kappa shape index (κ1) is 15.2. The molecule has 0 saturated carbocycles. The van der Waals surface area contributed by atoms with Gasteiger partial charge in [-0.2, -0.15) is 0 Å². The molecule has 18 heavy (non-hydrogen) atoms. The van der Waals surface area contributed by atoms with Crippen LogP contribution in [0.5, 0.6) is 0 Å². The Labute approximate surface area is 109 Å². The molecule has 2 amide bonds. The predicted molar refractivity (Wildman–Crippen MR) is 69.7 cm³/mol. The van der Waals surface area contributed by atoms with E-state index in [9.17, 15) is 14.7 Å². The third-order valence-corrected chi connectivity index (χ3v) is 4.09. The summed E-state index contributed by atoms with van der Waals surface area (Å²) >= 11 is 0. The highest BCUT2D eigenvalue weighted by molar-refractivity contribution is 6.06. The van der Waals surface area contributed by atoms with Gasteiger partial charge in [-0.3, -0.25) is 14.5 Å². The van der Waals surface area contributed by atoms with Crippen LogP contribution < -0.4 is 0 Å². The normalized spacial score (nSPS) is 26.6. The Morgan fingerprint density at radius 1 is 1.28 bits per heavy atom. The van der Waals surface area contributed by atoms with Crippen molar-refractivity contribution in [3.05, 3.63) is 0 Å². The minimum atomic E-state index is -0.610. The fourth-order valence-corrected chi connectivity index (χ4v) is 2.49. The van der Waals surface area contributed by atoms with Crippen LogP contribution in [0.3, 0.4) is 0 Å². The number of aliphatic hydroxyl groups is 1. The first-order valence-electron chi connectivity index (χ1n) is 6.71.